The summed E-state index contributed by atoms with van der Waals surface area (Å²) in [6, 6.07) is 32.2. The van der Waals surface area contributed by atoms with Gasteiger partial charge in [-0.25, -0.2) is 19.2 Å². The van der Waals surface area contributed by atoms with Gasteiger partial charge in [0, 0.05) is 6.92 Å². The summed E-state index contributed by atoms with van der Waals surface area (Å²) in [5, 5.41) is 2.47. The highest BCUT2D eigenvalue weighted by Gasteiger charge is 2.53. The molecule has 5 rings (SSSR count). The predicted octanol–water partition coefficient (Wildman–Crippen LogP) is 4.36. The Hall–Kier alpha value is -5.85. The van der Waals surface area contributed by atoms with Crippen LogP contribution in [0.3, 0.4) is 0 Å². The fourth-order valence-corrected chi connectivity index (χ4v) is 4.89. The summed E-state index contributed by atoms with van der Waals surface area (Å²) in [7, 11) is 0. The fourth-order valence-electron chi connectivity index (χ4n) is 4.89. The third-order valence-corrected chi connectivity index (χ3v) is 7.31. The van der Waals surface area contributed by atoms with E-state index < -0.39 is 73.8 Å². The minimum atomic E-state index is -1.57. The molecule has 12 heteroatoms. The van der Waals surface area contributed by atoms with Crippen molar-refractivity contribution >= 4 is 29.8 Å². The van der Waals surface area contributed by atoms with Crippen molar-refractivity contribution < 1.29 is 52.4 Å². The highest BCUT2D eigenvalue weighted by molar-refractivity contribution is 5.91. The molecule has 5 atom stereocenters. The number of hydrogen-bond acceptors (Lipinski definition) is 11. The maximum atomic E-state index is 13.6. The maximum absolute atomic E-state index is 13.6. The number of esters is 4. The molecule has 1 amide bonds. The van der Waals surface area contributed by atoms with Gasteiger partial charge in [-0.15, -0.1) is 0 Å². The molecular formula is C37H33NO11. The summed E-state index contributed by atoms with van der Waals surface area (Å²) in [6.45, 7) is 0.371. The SMILES string of the molecule is CC(=O)NCO[C@H]1O[C@H](COC(=O)c2ccccc2)[C@@H](OC(=O)c2ccccc2)[C@H](OC(=O)c2ccccc2)[C@@H]1OC(=O)c1ccccc1. The van der Waals surface area contributed by atoms with Crippen molar-refractivity contribution in [3.05, 3.63) is 144 Å². The Kier molecular flexibility index (Phi) is 11.8. The zero-order chi connectivity index (χ0) is 34.6. The van der Waals surface area contributed by atoms with Crippen molar-refractivity contribution in [2.24, 2.45) is 0 Å². The van der Waals surface area contributed by atoms with Crippen LogP contribution < -0.4 is 5.32 Å². The molecule has 0 bridgehead atoms. The molecule has 0 saturated carbocycles. The minimum Gasteiger partial charge on any atom is -0.459 e. The van der Waals surface area contributed by atoms with E-state index in [0.717, 1.165) is 0 Å². The lowest BCUT2D eigenvalue weighted by molar-refractivity contribution is -0.299. The highest BCUT2D eigenvalue weighted by atomic mass is 16.7. The normalized spacial score (nSPS) is 19.9. The zero-order valence-corrected chi connectivity index (χ0v) is 26.3. The van der Waals surface area contributed by atoms with Crippen LogP contribution >= 0.6 is 0 Å². The minimum absolute atomic E-state index is 0.151. The first-order chi connectivity index (χ1) is 23.8. The predicted molar refractivity (Wildman–Crippen MR) is 172 cm³/mol. The molecule has 1 aliphatic heterocycles. The summed E-state index contributed by atoms with van der Waals surface area (Å²) >= 11 is 0. The van der Waals surface area contributed by atoms with Crippen LogP contribution in [0, 0.1) is 0 Å². The molecule has 1 heterocycles. The number of carbonyl (C=O) groups is 5. The summed E-state index contributed by atoms with van der Waals surface area (Å²) in [5.74, 6) is -3.62. The van der Waals surface area contributed by atoms with Crippen molar-refractivity contribution in [3.8, 4) is 0 Å². The van der Waals surface area contributed by atoms with Crippen molar-refractivity contribution in [1.82, 2.24) is 5.32 Å². The van der Waals surface area contributed by atoms with Crippen molar-refractivity contribution in [1.29, 1.82) is 0 Å². The molecule has 4 aromatic rings. The Morgan fingerprint density at radius 2 is 0.939 bits per heavy atom. The number of benzene rings is 4. The Labute approximate surface area is 281 Å². The van der Waals surface area contributed by atoms with Gasteiger partial charge >= 0.3 is 23.9 Å². The molecule has 49 heavy (non-hydrogen) atoms. The quantitative estimate of drug-likeness (QED) is 0.130. The molecule has 0 radical (unpaired) electrons. The monoisotopic (exact) mass is 667 g/mol. The molecule has 0 aromatic heterocycles. The molecule has 1 fully saturated rings. The first-order valence-corrected chi connectivity index (χ1v) is 15.3. The van der Waals surface area contributed by atoms with Gasteiger partial charge in [-0.2, -0.15) is 0 Å². The zero-order valence-electron chi connectivity index (χ0n) is 26.3. The molecule has 252 valence electrons. The van der Waals surface area contributed by atoms with E-state index in [1.165, 1.54) is 43.3 Å². The topological polar surface area (TPSA) is 153 Å². The molecule has 1 N–H and O–H groups in total. The van der Waals surface area contributed by atoms with Crippen LogP contribution in [-0.2, 0) is 33.2 Å². The van der Waals surface area contributed by atoms with E-state index in [1.54, 1.807) is 84.9 Å². The van der Waals surface area contributed by atoms with Gasteiger partial charge in [-0.1, -0.05) is 72.8 Å². The van der Waals surface area contributed by atoms with Gasteiger partial charge in [0.1, 0.15) is 19.4 Å². The molecule has 0 unspecified atom stereocenters. The standard InChI is InChI=1S/C37H33NO11/c1-24(39)38-23-45-37-32(49-36(43)28-20-12-5-13-21-28)31(48-35(42)27-18-10-4-11-19-27)30(47-34(41)26-16-8-3-9-17-26)29(46-37)22-44-33(40)25-14-6-2-7-15-25/h2-21,29-32,37H,22-23H2,1H3,(H,38,39)/t29-,30-,31+,32+,37+/m1/s1. The van der Waals surface area contributed by atoms with Crippen molar-refractivity contribution in [2.75, 3.05) is 13.3 Å². The molecule has 0 spiro atoms. The molecule has 0 aliphatic carbocycles. The van der Waals surface area contributed by atoms with Crippen LogP contribution in [0.5, 0.6) is 0 Å². The Morgan fingerprint density at radius 3 is 1.37 bits per heavy atom. The van der Waals surface area contributed by atoms with Gasteiger partial charge < -0.3 is 33.7 Å². The third kappa shape index (κ3) is 9.37. The molecular weight excluding hydrogens is 634 g/mol. The Bertz CT molecular complexity index is 1720. The van der Waals surface area contributed by atoms with Gasteiger partial charge in [0.15, 0.2) is 18.3 Å². The second kappa shape index (κ2) is 16.8. The third-order valence-electron chi connectivity index (χ3n) is 7.31. The fraction of sp³-hybridized carbons (Fsp3) is 0.216. The van der Waals surface area contributed by atoms with Crippen LogP contribution in [0.25, 0.3) is 0 Å². The first-order valence-electron chi connectivity index (χ1n) is 15.3. The largest absolute Gasteiger partial charge is 0.459 e. The highest BCUT2D eigenvalue weighted by Crippen LogP contribution is 2.31. The molecule has 1 saturated heterocycles. The number of rotatable bonds is 12. The van der Waals surface area contributed by atoms with E-state index in [0.29, 0.717) is 0 Å². The molecule has 1 aliphatic rings. The van der Waals surface area contributed by atoms with Crippen LogP contribution in [0.15, 0.2) is 121 Å². The lowest BCUT2D eigenvalue weighted by Crippen LogP contribution is -2.63. The van der Waals surface area contributed by atoms with Crippen molar-refractivity contribution in [2.45, 2.75) is 37.6 Å². The number of carbonyl (C=O) groups excluding carboxylic acids is 5. The number of nitrogens with one attached hydrogen (secondary N) is 1. The summed E-state index contributed by atoms with van der Waals surface area (Å²) in [6.07, 6.45) is -7.45. The lowest BCUT2D eigenvalue weighted by Gasteiger charge is -2.44. The molecule has 12 nitrogen and oxygen atoms in total. The lowest BCUT2D eigenvalue weighted by atomic mass is 9.97. The Balaban J connectivity index is 1.54. The van der Waals surface area contributed by atoms with Crippen LogP contribution in [0.1, 0.15) is 48.4 Å². The van der Waals surface area contributed by atoms with E-state index >= 15 is 0 Å². The second-order valence-electron chi connectivity index (χ2n) is 10.8. The molecule has 4 aromatic carbocycles. The van der Waals surface area contributed by atoms with Crippen LogP contribution in [0.4, 0.5) is 0 Å². The van der Waals surface area contributed by atoms with Gasteiger partial charge in [0.2, 0.25) is 12.2 Å². The van der Waals surface area contributed by atoms with Gasteiger partial charge in [-0.3, -0.25) is 4.79 Å². The number of ether oxygens (including phenoxy) is 6. The summed E-state index contributed by atoms with van der Waals surface area (Å²) < 4.78 is 35.4. The smallest absolute Gasteiger partial charge is 0.338 e. The van der Waals surface area contributed by atoms with Gasteiger partial charge in [0.25, 0.3) is 0 Å². The van der Waals surface area contributed by atoms with E-state index in [2.05, 4.69) is 5.32 Å². The van der Waals surface area contributed by atoms with E-state index in [1.807, 2.05) is 0 Å². The average Bonchev–Trinajstić information content (AvgIpc) is 3.14. The average molecular weight is 668 g/mol. The van der Waals surface area contributed by atoms with Crippen molar-refractivity contribution in [3.63, 3.8) is 0 Å². The first kappa shape index (κ1) is 34.5. The van der Waals surface area contributed by atoms with Crippen LogP contribution in [0.2, 0.25) is 0 Å². The second-order valence-corrected chi connectivity index (χ2v) is 10.8. The summed E-state index contributed by atoms with van der Waals surface area (Å²) in [4.78, 5) is 65.1. The van der Waals surface area contributed by atoms with Crippen LogP contribution in [-0.4, -0.2) is 73.8 Å². The maximum Gasteiger partial charge on any atom is 0.338 e. The van der Waals surface area contributed by atoms with Gasteiger partial charge in [-0.05, 0) is 48.5 Å². The van der Waals surface area contributed by atoms with E-state index in [9.17, 15) is 24.0 Å². The van der Waals surface area contributed by atoms with E-state index in [-0.39, 0.29) is 22.3 Å². The number of amides is 1. The Morgan fingerprint density at radius 1 is 0.551 bits per heavy atom. The summed E-state index contributed by atoms with van der Waals surface area (Å²) in [5.41, 5.74) is 0.722. The van der Waals surface area contributed by atoms with E-state index in [4.69, 9.17) is 28.4 Å². The number of hydrogen-bond donors (Lipinski definition) is 1. The van der Waals surface area contributed by atoms with Gasteiger partial charge in [0.05, 0.1) is 22.3 Å².